The molecule has 4 N–H and O–H groups in total. The average Bonchev–Trinajstić information content (AvgIpc) is 3.14. The highest BCUT2D eigenvalue weighted by Gasteiger charge is 2.25. The van der Waals surface area contributed by atoms with Crippen molar-refractivity contribution in [3.8, 4) is 5.75 Å². The first-order valence-electron chi connectivity index (χ1n) is 6.91. The molecule has 1 amide bonds. The molecule has 21 heavy (non-hydrogen) atoms. The summed E-state index contributed by atoms with van der Waals surface area (Å²) in [5, 5.41) is 12.1. The Kier molecular flexibility index (Phi) is 3.62. The number of nitrogens with one attached hydrogen (secondary N) is 1. The first-order valence-corrected chi connectivity index (χ1v) is 6.91. The van der Waals surface area contributed by atoms with Gasteiger partial charge in [-0.1, -0.05) is 12.1 Å². The lowest BCUT2D eigenvalue weighted by atomic mass is 10.1. The molecule has 1 aliphatic rings. The van der Waals surface area contributed by atoms with Gasteiger partial charge in [0.15, 0.2) is 5.69 Å². The fourth-order valence-corrected chi connectivity index (χ4v) is 2.02. The van der Waals surface area contributed by atoms with Gasteiger partial charge >= 0.3 is 0 Å². The van der Waals surface area contributed by atoms with Crippen LogP contribution in [-0.2, 0) is 6.42 Å². The molecule has 1 aromatic carbocycles. The Balaban J connectivity index is 1.64. The topological polar surface area (TPSA) is 101 Å². The molecule has 0 saturated heterocycles. The van der Waals surface area contributed by atoms with E-state index < -0.39 is 6.04 Å². The van der Waals surface area contributed by atoms with E-state index in [1.807, 2.05) is 0 Å². The summed E-state index contributed by atoms with van der Waals surface area (Å²) in [4.78, 5) is 16.0. The molecule has 0 radical (unpaired) electrons. The molecule has 1 unspecified atom stereocenters. The molecular weight excluding hydrogens is 270 g/mol. The maximum Gasteiger partial charge on any atom is 0.273 e. The van der Waals surface area contributed by atoms with Crippen LogP contribution in [0.15, 0.2) is 34.9 Å². The van der Waals surface area contributed by atoms with Crippen LogP contribution < -0.4 is 11.1 Å². The van der Waals surface area contributed by atoms with Crippen molar-refractivity contribution in [2.24, 2.45) is 5.73 Å². The molecule has 6 nitrogen and oxygen atoms in total. The number of nitrogens with zero attached hydrogens (tertiary/aromatic N) is 1. The van der Waals surface area contributed by atoms with Crippen molar-refractivity contribution in [2.45, 2.75) is 31.3 Å². The highest BCUT2D eigenvalue weighted by atomic mass is 16.3. The van der Waals surface area contributed by atoms with Crippen molar-refractivity contribution in [1.82, 2.24) is 10.3 Å². The maximum atomic E-state index is 11.8. The van der Waals surface area contributed by atoms with Crippen LogP contribution in [0.2, 0.25) is 0 Å². The van der Waals surface area contributed by atoms with Gasteiger partial charge in [0.25, 0.3) is 5.91 Å². The molecule has 0 bridgehead atoms. The van der Waals surface area contributed by atoms with Crippen molar-refractivity contribution in [3.05, 3.63) is 47.7 Å². The molecular formula is C15H17N3O3. The van der Waals surface area contributed by atoms with Crippen molar-refractivity contribution < 1.29 is 14.3 Å². The van der Waals surface area contributed by atoms with E-state index in [4.69, 9.17) is 10.2 Å². The van der Waals surface area contributed by atoms with E-state index in [2.05, 4.69) is 10.3 Å². The van der Waals surface area contributed by atoms with Gasteiger partial charge in [0.1, 0.15) is 12.0 Å². The van der Waals surface area contributed by atoms with Gasteiger partial charge < -0.3 is 20.6 Å². The second kappa shape index (κ2) is 5.57. The Morgan fingerprint density at radius 1 is 1.43 bits per heavy atom. The van der Waals surface area contributed by atoms with Crippen molar-refractivity contribution in [1.29, 1.82) is 0 Å². The van der Waals surface area contributed by atoms with E-state index in [0.29, 0.717) is 12.3 Å². The van der Waals surface area contributed by atoms with Gasteiger partial charge in [-0.3, -0.25) is 4.79 Å². The van der Waals surface area contributed by atoms with Gasteiger partial charge in [0, 0.05) is 6.04 Å². The van der Waals surface area contributed by atoms with Crippen molar-refractivity contribution in [2.75, 3.05) is 0 Å². The summed E-state index contributed by atoms with van der Waals surface area (Å²) in [5.41, 5.74) is 7.26. The predicted octanol–water partition coefficient (Wildman–Crippen LogP) is 1.51. The number of rotatable bonds is 5. The third kappa shape index (κ3) is 3.41. The molecule has 1 aliphatic carbocycles. The molecule has 0 spiro atoms. The van der Waals surface area contributed by atoms with E-state index in [0.717, 1.165) is 18.4 Å². The van der Waals surface area contributed by atoms with Crippen LogP contribution >= 0.6 is 0 Å². The smallest absolute Gasteiger partial charge is 0.273 e. The summed E-state index contributed by atoms with van der Waals surface area (Å²) >= 11 is 0. The van der Waals surface area contributed by atoms with Crippen LogP contribution in [0.5, 0.6) is 5.75 Å². The van der Waals surface area contributed by atoms with E-state index in [-0.39, 0.29) is 23.4 Å². The standard InChI is InChI=1S/C15H17N3O3/c16-12(7-9-1-5-11(19)6-2-9)15-18-13(8-21-15)14(20)17-10-3-4-10/h1-2,5-6,8,10,12,19H,3-4,7,16H2,(H,17,20). The lowest BCUT2D eigenvalue weighted by molar-refractivity contribution is 0.0946. The van der Waals surface area contributed by atoms with Crippen LogP contribution in [0.25, 0.3) is 0 Å². The number of aromatic nitrogens is 1. The van der Waals surface area contributed by atoms with Gasteiger partial charge in [-0.05, 0) is 37.0 Å². The maximum absolute atomic E-state index is 11.8. The summed E-state index contributed by atoms with van der Waals surface area (Å²) in [7, 11) is 0. The van der Waals surface area contributed by atoms with Crippen molar-refractivity contribution in [3.63, 3.8) is 0 Å². The fraction of sp³-hybridized carbons (Fsp3) is 0.333. The molecule has 2 aromatic rings. The zero-order valence-corrected chi connectivity index (χ0v) is 11.5. The molecule has 1 heterocycles. The van der Waals surface area contributed by atoms with Gasteiger partial charge in [0.2, 0.25) is 5.89 Å². The highest BCUT2D eigenvalue weighted by Crippen LogP contribution is 2.20. The molecule has 1 atom stereocenters. The van der Waals surface area contributed by atoms with Gasteiger partial charge in [0.05, 0.1) is 6.04 Å². The van der Waals surface area contributed by atoms with Crippen LogP contribution in [0.4, 0.5) is 0 Å². The summed E-state index contributed by atoms with van der Waals surface area (Å²) < 4.78 is 5.30. The number of nitrogens with two attached hydrogens (primary N) is 1. The first kappa shape index (κ1) is 13.6. The monoisotopic (exact) mass is 287 g/mol. The van der Waals surface area contributed by atoms with Gasteiger partial charge in [-0.15, -0.1) is 0 Å². The van der Waals surface area contributed by atoms with E-state index in [1.165, 1.54) is 6.26 Å². The zero-order chi connectivity index (χ0) is 14.8. The van der Waals surface area contributed by atoms with Crippen LogP contribution in [-0.4, -0.2) is 22.0 Å². The third-order valence-electron chi connectivity index (χ3n) is 3.38. The van der Waals surface area contributed by atoms with Crippen molar-refractivity contribution >= 4 is 5.91 Å². The van der Waals surface area contributed by atoms with Crippen LogP contribution in [0, 0.1) is 0 Å². The minimum absolute atomic E-state index is 0.211. The summed E-state index contributed by atoms with van der Waals surface area (Å²) in [6, 6.07) is 6.64. The second-order valence-corrected chi connectivity index (χ2v) is 5.30. The number of benzene rings is 1. The van der Waals surface area contributed by atoms with Crippen LogP contribution in [0.3, 0.4) is 0 Å². The number of oxazole rings is 1. The Morgan fingerprint density at radius 3 is 2.81 bits per heavy atom. The lowest BCUT2D eigenvalue weighted by Gasteiger charge is -2.07. The number of phenols is 1. The Morgan fingerprint density at radius 2 is 2.14 bits per heavy atom. The zero-order valence-electron chi connectivity index (χ0n) is 11.5. The Bertz CT molecular complexity index is 632. The molecule has 1 fully saturated rings. The molecule has 6 heteroatoms. The summed E-state index contributed by atoms with van der Waals surface area (Å²) in [5.74, 6) is 0.329. The SMILES string of the molecule is NC(Cc1ccc(O)cc1)c1nc(C(=O)NC2CC2)co1. The number of hydrogen-bond donors (Lipinski definition) is 3. The molecule has 3 rings (SSSR count). The largest absolute Gasteiger partial charge is 0.508 e. The predicted molar refractivity (Wildman–Crippen MR) is 75.7 cm³/mol. The summed E-state index contributed by atoms with van der Waals surface area (Å²) in [6.45, 7) is 0. The van der Waals surface area contributed by atoms with E-state index in [1.54, 1.807) is 24.3 Å². The van der Waals surface area contributed by atoms with E-state index >= 15 is 0 Å². The second-order valence-electron chi connectivity index (χ2n) is 5.30. The molecule has 110 valence electrons. The highest BCUT2D eigenvalue weighted by molar-refractivity contribution is 5.92. The van der Waals surface area contributed by atoms with Gasteiger partial charge in [-0.25, -0.2) is 4.98 Å². The number of amides is 1. The molecule has 1 saturated carbocycles. The van der Waals surface area contributed by atoms with Gasteiger partial charge in [-0.2, -0.15) is 0 Å². The number of phenolic OH excluding ortho intramolecular Hbond substituents is 1. The third-order valence-corrected chi connectivity index (χ3v) is 3.38. The Labute approximate surface area is 122 Å². The fourth-order valence-electron chi connectivity index (χ4n) is 2.02. The normalized spacial score (nSPS) is 15.7. The quantitative estimate of drug-likeness (QED) is 0.774. The number of carbonyl (C=O) groups is 1. The average molecular weight is 287 g/mol. The lowest BCUT2D eigenvalue weighted by Crippen LogP contribution is -2.25. The minimum Gasteiger partial charge on any atom is -0.508 e. The molecule has 0 aliphatic heterocycles. The molecule has 1 aromatic heterocycles. The van der Waals surface area contributed by atoms with E-state index in [9.17, 15) is 9.90 Å². The number of aromatic hydroxyl groups is 1. The Hall–Kier alpha value is -2.34. The summed E-state index contributed by atoms with van der Waals surface area (Å²) in [6.07, 6.45) is 3.90. The number of hydrogen-bond acceptors (Lipinski definition) is 5. The van der Waals surface area contributed by atoms with Crippen LogP contribution in [0.1, 0.15) is 40.8 Å². The first-order chi connectivity index (χ1) is 10.1. The number of carbonyl (C=O) groups excluding carboxylic acids is 1. The minimum atomic E-state index is -0.433.